The van der Waals surface area contributed by atoms with Gasteiger partial charge in [0.2, 0.25) is 0 Å². The third kappa shape index (κ3) is 2.67. The molecule has 2 aliphatic rings. The number of hydrogen-bond donors (Lipinski definition) is 2. The molecule has 2 N–H and O–H groups in total. The molecule has 1 saturated heterocycles. The monoisotopic (exact) mass is 377 g/mol. The summed E-state index contributed by atoms with van der Waals surface area (Å²) < 4.78 is 2.27. The molecule has 144 valence electrons. The van der Waals surface area contributed by atoms with Crippen LogP contribution in [0.3, 0.4) is 0 Å². The van der Waals surface area contributed by atoms with Crippen LogP contribution in [-0.4, -0.2) is 38.6 Å². The second-order valence-corrected chi connectivity index (χ2v) is 7.96. The lowest BCUT2D eigenvalue weighted by atomic mass is 9.99. The number of nitrogens with zero attached hydrogens (tertiary/aromatic N) is 2. The first-order valence-corrected chi connectivity index (χ1v) is 9.85. The molecule has 28 heavy (non-hydrogen) atoms. The van der Waals surface area contributed by atoms with E-state index in [-0.39, 0.29) is 5.56 Å². The van der Waals surface area contributed by atoms with E-state index in [9.17, 15) is 14.7 Å². The lowest BCUT2D eigenvalue weighted by molar-refractivity contribution is 0.0695. The number of carboxylic acid groups (broad SMARTS) is 1. The average molecular weight is 377 g/mol. The van der Waals surface area contributed by atoms with Crippen LogP contribution in [-0.2, 0) is 26.4 Å². The van der Waals surface area contributed by atoms with Crippen LogP contribution in [0.5, 0.6) is 0 Å². The van der Waals surface area contributed by atoms with Crippen molar-refractivity contribution in [2.24, 2.45) is 7.05 Å². The van der Waals surface area contributed by atoms with Crippen LogP contribution in [0.15, 0.2) is 29.1 Å². The van der Waals surface area contributed by atoms with Crippen molar-refractivity contribution in [3.63, 3.8) is 0 Å². The van der Waals surface area contributed by atoms with E-state index in [1.807, 2.05) is 0 Å². The second-order valence-electron chi connectivity index (χ2n) is 7.96. The summed E-state index contributed by atoms with van der Waals surface area (Å²) in [6.45, 7) is 3.29. The molecule has 2 aromatic heterocycles. The Morgan fingerprint density at radius 3 is 2.61 bits per heavy atom. The minimum absolute atomic E-state index is 0.181. The smallest absolute Gasteiger partial charge is 0.341 e. The van der Waals surface area contributed by atoms with Crippen LogP contribution in [0, 0.1) is 0 Å². The first-order chi connectivity index (χ1) is 13.5. The number of pyridine rings is 1. The number of H-pyrrole nitrogens is 1. The zero-order valence-corrected chi connectivity index (χ0v) is 15.9. The van der Waals surface area contributed by atoms with Gasteiger partial charge in [-0.25, -0.2) is 4.79 Å². The Morgan fingerprint density at radius 2 is 1.89 bits per heavy atom. The van der Waals surface area contributed by atoms with Crippen molar-refractivity contribution < 1.29 is 9.90 Å². The molecule has 1 fully saturated rings. The van der Waals surface area contributed by atoms with Crippen LogP contribution in [0.2, 0.25) is 0 Å². The fourth-order valence-corrected chi connectivity index (χ4v) is 4.48. The molecule has 0 amide bonds. The van der Waals surface area contributed by atoms with E-state index in [0.717, 1.165) is 48.0 Å². The van der Waals surface area contributed by atoms with E-state index >= 15 is 0 Å². The van der Waals surface area contributed by atoms with E-state index < -0.39 is 11.5 Å². The first kappa shape index (κ1) is 17.3. The minimum atomic E-state index is -1.18. The van der Waals surface area contributed by atoms with E-state index in [4.69, 9.17) is 0 Å². The fraction of sp³-hybridized carbons (Fsp3) is 0.364. The predicted octanol–water partition coefficient (Wildman–Crippen LogP) is 2.93. The number of aromatic nitrogens is 2. The molecule has 0 bridgehead atoms. The van der Waals surface area contributed by atoms with Gasteiger partial charge in [0, 0.05) is 35.8 Å². The van der Waals surface area contributed by atoms with Gasteiger partial charge in [0.1, 0.15) is 5.56 Å². The van der Waals surface area contributed by atoms with Crippen LogP contribution < -0.4 is 5.56 Å². The maximum Gasteiger partial charge on any atom is 0.341 e. The highest BCUT2D eigenvalue weighted by Gasteiger charge is 2.22. The number of benzene rings is 1. The van der Waals surface area contributed by atoms with Gasteiger partial charge in [0.15, 0.2) is 0 Å². The zero-order chi connectivity index (χ0) is 19.4. The summed E-state index contributed by atoms with van der Waals surface area (Å²) in [7, 11) is 2.12. The lowest BCUT2D eigenvalue weighted by Gasteiger charge is -2.30. The van der Waals surface area contributed by atoms with Crippen LogP contribution in [0.4, 0.5) is 0 Å². The van der Waals surface area contributed by atoms with Crippen molar-refractivity contribution in [1.29, 1.82) is 0 Å². The number of carbonyl (C=O) groups is 1. The molecular formula is C22H23N3O3. The summed E-state index contributed by atoms with van der Waals surface area (Å²) in [4.78, 5) is 28.9. The van der Waals surface area contributed by atoms with Gasteiger partial charge in [-0.3, -0.25) is 9.69 Å². The van der Waals surface area contributed by atoms with Crippen molar-refractivity contribution in [3.8, 4) is 11.3 Å². The van der Waals surface area contributed by atoms with Gasteiger partial charge in [-0.2, -0.15) is 0 Å². The largest absolute Gasteiger partial charge is 0.477 e. The van der Waals surface area contributed by atoms with Crippen LogP contribution >= 0.6 is 0 Å². The highest BCUT2D eigenvalue weighted by atomic mass is 16.4. The quantitative estimate of drug-likeness (QED) is 0.736. The standard InChI is InChI=1S/C22H23N3O3/c1-24-16(12-25-6-3-7-25)8-15-10-17-13(11-19(15)24)4-2-5-14-9-18(22(27)28)21(26)23-20(14)17/h8-11H,2-7,12H2,1H3,(H,23,26)(H,27,28). The highest BCUT2D eigenvalue weighted by molar-refractivity contribution is 5.90. The van der Waals surface area contributed by atoms with Crippen molar-refractivity contribution in [3.05, 3.63) is 57.0 Å². The number of aromatic amines is 1. The number of aryl methyl sites for hydroxylation is 3. The zero-order valence-electron chi connectivity index (χ0n) is 15.9. The van der Waals surface area contributed by atoms with Gasteiger partial charge in [-0.15, -0.1) is 0 Å². The normalized spacial score (nSPS) is 16.3. The second kappa shape index (κ2) is 6.34. The number of nitrogens with one attached hydrogen (secondary N) is 1. The third-order valence-electron chi connectivity index (χ3n) is 6.22. The summed E-state index contributed by atoms with van der Waals surface area (Å²) >= 11 is 0. The number of fused-ring (bicyclic) bond motifs is 4. The van der Waals surface area contributed by atoms with Gasteiger partial charge < -0.3 is 14.7 Å². The average Bonchev–Trinajstić information content (AvgIpc) is 2.82. The maximum absolute atomic E-state index is 12.3. The summed E-state index contributed by atoms with van der Waals surface area (Å²) in [5, 5.41) is 10.4. The lowest BCUT2D eigenvalue weighted by Crippen LogP contribution is -2.36. The third-order valence-corrected chi connectivity index (χ3v) is 6.22. The number of carboxylic acids is 1. The van der Waals surface area contributed by atoms with Crippen molar-refractivity contribution >= 4 is 16.9 Å². The minimum Gasteiger partial charge on any atom is -0.477 e. The molecule has 0 atom stereocenters. The Balaban J connectivity index is 1.67. The molecule has 3 heterocycles. The Morgan fingerprint density at radius 1 is 1.11 bits per heavy atom. The summed E-state index contributed by atoms with van der Waals surface area (Å²) in [5.41, 5.74) is 5.71. The molecule has 5 rings (SSSR count). The molecule has 1 aromatic carbocycles. The number of rotatable bonds is 3. The fourth-order valence-electron chi connectivity index (χ4n) is 4.48. The van der Waals surface area contributed by atoms with E-state index in [0.29, 0.717) is 0 Å². The molecule has 6 heteroatoms. The Labute approximate surface area is 162 Å². The molecule has 1 aliphatic carbocycles. The van der Waals surface area contributed by atoms with Gasteiger partial charge in [0.05, 0.1) is 5.69 Å². The molecule has 0 spiro atoms. The molecular weight excluding hydrogens is 354 g/mol. The summed E-state index contributed by atoms with van der Waals surface area (Å²) in [5.74, 6) is -1.18. The Hall–Kier alpha value is -2.86. The Kier molecular flexibility index (Phi) is 3.91. The van der Waals surface area contributed by atoms with Gasteiger partial charge in [-0.05, 0) is 74.2 Å². The summed E-state index contributed by atoms with van der Waals surface area (Å²) in [6.07, 6.45) is 3.89. The van der Waals surface area contributed by atoms with E-state index in [2.05, 4.69) is 39.7 Å². The van der Waals surface area contributed by atoms with Crippen molar-refractivity contribution in [1.82, 2.24) is 14.5 Å². The van der Waals surface area contributed by atoms with Crippen molar-refractivity contribution in [2.75, 3.05) is 13.1 Å². The topological polar surface area (TPSA) is 78.3 Å². The van der Waals surface area contributed by atoms with Gasteiger partial charge in [0.25, 0.3) is 5.56 Å². The van der Waals surface area contributed by atoms with Crippen LogP contribution in [0.1, 0.15) is 40.0 Å². The molecule has 1 aliphatic heterocycles. The first-order valence-electron chi connectivity index (χ1n) is 9.85. The molecule has 6 nitrogen and oxygen atoms in total. The number of likely N-dealkylation sites (tertiary alicyclic amines) is 1. The molecule has 0 unspecified atom stereocenters. The summed E-state index contributed by atoms with van der Waals surface area (Å²) in [6, 6.07) is 8.19. The van der Waals surface area contributed by atoms with Crippen molar-refractivity contribution in [2.45, 2.75) is 32.2 Å². The SMILES string of the molecule is Cn1c(CN2CCC2)cc2cc3c(cc21)CCCc1cc(C(=O)O)c(=O)[nH]c1-3. The highest BCUT2D eigenvalue weighted by Crippen LogP contribution is 2.35. The maximum atomic E-state index is 12.3. The number of aromatic carboxylic acids is 1. The molecule has 0 radical (unpaired) electrons. The van der Waals surface area contributed by atoms with Gasteiger partial charge >= 0.3 is 5.97 Å². The van der Waals surface area contributed by atoms with Crippen LogP contribution in [0.25, 0.3) is 22.2 Å². The number of hydrogen-bond acceptors (Lipinski definition) is 3. The van der Waals surface area contributed by atoms with E-state index in [1.54, 1.807) is 6.07 Å². The molecule has 3 aromatic rings. The van der Waals surface area contributed by atoms with Gasteiger partial charge in [-0.1, -0.05) is 0 Å². The Bertz CT molecular complexity index is 1170. The predicted molar refractivity (Wildman–Crippen MR) is 108 cm³/mol. The van der Waals surface area contributed by atoms with E-state index in [1.165, 1.54) is 36.3 Å². The molecule has 0 saturated carbocycles.